The van der Waals surface area contributed by atoms with Crippen LogP contribution in [0.5, 0.6) is 0 Å². The van der Waals surface area contributed by atoms with Crippen molar-refractivity contribution in [3.05, 3.63) is 241 Å². The molecule has 0 aliphatic heterocycles. The normalized spacial score (nSPS) is 10.9. The summed E-state index contributed by atoms with van der Waals surface area (Å²) in [6.07, 6.45) is 0. The van der Waals surface area contributed by atoms with E-state index in [0.29, 0.717) is 49.1 Å². The van der Waals surface area contributed by atoms with Crippen LogP contribution in [0.4, 0.5) is 5.69 Å². The fourth-order valence-electron chi connectivity index (χ4n) is 7.79. The summed E-state index contributed by atoms with van der Waals surface area (Å²) in [5.41, 5.74) is 12.5. The Hall–Kier alpha value is -10.0. The monoisotopic (exact) mass is 959 g/mol. The van der Waals surface area contributed by atoms with E-state index in [-0.39, 0.29) is 11.2 Å². The summed E-state index contributed by atoms with van der Waals surface area (Å²) < 4.78 is 0. The molecule has 0 atom stereocenters. The molecule has 0 saturated carbocycles. The van der Waals surface area contributed by atoms with Gasteiger partial charge in [0.15, 0.2) is 0 Å². The first kappa shape index (κ1) is 47.0. The fourth-order valence-corrected chi connectivity index (χ4v) is 7.79. The zero-order chi connectivity index (χ0) is 50.6. The highest BCUT2D eigenvalue weighted by molar-refractivity contribution is 5.74. The van der Waals surface area contributed by atoms with Gasteiger partial charge in [0.05, 0.1) is 31.4 Å². The Morgan fingerprint density at radius 2 is 0.792 bits per heavy atom. The van der Waals surface area contributed by atoms with Gasteiger partial charge in [0.2, 0.25) is 38.6 Å². The molecule has 0 aliphatic rings. The van der Waals surface area contributed by atoms with Crippen molar-refractivity contribution < 1.29 is 24.3 Å². The van der Waals surface area contributed by atoms with Crippen LogP contribution < -0.4 is 19.4 Å². The van der Waals surface area contributed by atoms with Crippen molar-refractivity contribution in [1.82, 2.24) is 39.6 Å². The molecule has 0 amide bonds. The van der Waals surface area contributed by atoms with Gasteiger partial charge in [-0.05, 0) is 149 Å². The predicted molar refractivity (Wildman–Crippen MR) is 270 cm³/mol. The molecule has 12 aromatic rings. The van der Waals surface area contributed by atoms with Gasteiger partial charge in [0.1, 0.15) is 22.7 Å². The lowest BCUT2D eigenvalue weighted by atomic mass is 10.1. The van der Waals surface area contributed by atoms with Crippen molar-refractivity contribution in [1.29, 1.82) is 0 Å². The number of fused-ring (bicyclic) bond motifs is 4. The molecule has 19 heteroatoms. The van der Waals surface area contributed by atoms with Crippen LogP contribution in [0.3, 0.4) is 0 Å². The molecule has 12 rings (SSSR count). The Morgan fingerprint density at radius 3 is 1.32 bits per heavy atom. The largest absolute Gasteiger partial charge is 0.692 e. The number of non-ortho nitro benzene ring substituents is 1. The number of hydrogen-bond donors (Lipinski definition) is 0. The van der Waals surface area contributed by atoms with E-state index in [1.165, 1.54) is 37.4 Å². The van der Waals surface area contributed by atoms with Crippen LogP contribution in [0, 0.1) is 65.6 Å². The van der Waals surface area contributed by atoms with Gasteiger partial charge in [-0.2, -0.15) is 0 Å². The Labute approximate surface area is 410 Å². The third-order valence-electron chi connectivity index (χ3n) is 11.7. The van der Waals surface area contributed by atoms with Gasteiger partial charge in [0, 0.05) is 12.1 Å². The average Bonchev–Trinajstić information content (AvgIpc) is 4.13. The molecule has 0 bridgehead atoms. The van der Waals surface area contributed by atoms with Gasteiger partial charge < -0.3 is 20.8 Å². The maximum Gasteiger partial charge on any atom is 0.274 e. The van der Waals surface area contributed by atoms with E-state index in [0.717, 1.165) is 59.4 Å². The highest BCUT2D eigenvalue weighted by atomic mass is 16.6. The molecule has 0 fully saturated rings. The number of nitro groups is 1. The van der Waals surface area contributed by atoms with Crippen molar-refractivity contribution in [2.24, 2.45) is 0 Å². The quantitative estimate of drug-likeness (QED) is 0.0698. The number of nitro benzene ring substituents is 1. The molecule has 0 aliphatic carbocycles. The van der Waals surface area contributed by atoms with Gasteiger partial charge in [0.25, 0.3) is 11.2 Å². The van der Waals surface area contributed by atoms with Crippen LogP contribution in [0.15, 0.2) is 182 Å². The number of benzene rings is 8. The van der Waals surface area contributed by atoms with Gasteiger partial charge in [-0.3, -0.25) is 10.1 Å². The lowest BCUT2D eigenvalue weighted by molar-refractivity contribution is -0.664. The minimum Gasteiger partial charge on any atom is -0.692 e. The van der Waals surface area contributed by atoms with Crippen molar-refractivity contribution >= 4 is 49.8 Å². The van der Waals surface area contributed by atoms with Crippen LogP contribution in [0.25, 0.3) is 66.9 Å². The number of rotatable bonds is 5. The second-order valence-corrected chi connectivity index (χ2v) is 16.7. The molecule has 0 unspecified atom stereocenters. The topological polar surface area (TPSA) is 222 Å². The van der Waals surface area contributed by atoms with Crippen molar-refractivity contribution in [3.63, 3.8) is 0 Å². The van der Waals surface area contributed by atoms with Gasteiger partial charge in [-0.1, -0.05) is 96.6 Å². The van der Waals surface area contributed by atoms with E-state index >= 15 is 0 Å². The number of hydrogen-bond acceptors (Lipinski definition) is 10. The molecule has 4 aromatic heterocycles. The van der Waals surface area contributed by atoms with Gasteiger partial charge in [-0.15, -0.1) is 19.4 Å². The molecule has 0 spiro atoms. The van der Waals surface area contributed by atoms with E-state index in [1.54, 1.807) is 18.2 Å². The second-order valence-electron chi connectivity index (χ2n) is 16.7. The number of nitrogens with zero attached hydrogens (tertiary/aromatic N) is 13. The molecule has 4 heterocycles. The Bertz CT molecular complexity index is 3920. The maximum atomic E-state index is 12.4. The minimum atomic E-state index is -0.530. The summed E-state index contributed by atoms with van der Waals surface area (Å²) in [6, 6.07) is 54.5. The standard InChI is InChI=1S/C15H14N4O3.2C13H11N3O.C12H9N3O/c1-9-6-11(3)14(7-10(9)2)17-16-13-5-4-12(19(21)22)8-15(13)18(17)20;1-10-6-2-4-8-12(10)15-14-11-7-3-5-9-13(11)16(15)17;1-10-6-8-11(9-7-10)15-14-12-4-2-3-5-13(12)16(15)17;16-15-12-9-5-4-8-11(12)13-14(15)10-6-2-1-3-7-10/h4-8H,1-3H3;2*2-9H,1H3;1-9H. The third-order valence-corrected chi connectivity index (χ3v) is 11.7. The highest BCUT2D eigenvalue weighted by Gasteiger charge is 2.22. The molecule has 8 aromatic carbocycles. The molecule has 0 N–H and O–H groups in total. The van der Waals surface area contributed by atoms with Gasteiger partial charge in [-0.25, -0.2) is 0 Å². The lowest BCUT2D eigenvalue weighted by Gasteiger charge is -2.09. The molecular formula is C53H45N13O6. The first-order valence-corrected chi connectivity index (χ1v) is 22.5. The van der Waals surface area contributed by atoms with Crippen LogP contribution >= 0.6 is 0 Å². The number of para-hydroxylation sites is 5. The van der Waals surface area contributed by atoms with E-state index in [2.05, 4.69) is 20.4 Å². The average molecular weight is 960 g/mol. The highest BCUT2D eigenvalue weighted by Crippen LogP contribution is 2.22. The SMILES string of the molecule is Cc1cc(C)c(-n2nc3ccc([N+](=O)[O-])cc3[n+]2[O-])cc1C.Cc1ccc(-n2nc3ccccc3[n+]2[O-])cc1.Cc1ccccc1-n1nc2ccccc2[n+]1[O-].[O-][n+]1c2ccccc2nn1-c1ccccc1. The number of aryl methyl sites for hydroxylation is 5. The first-order valence-electron chi connectivity index (χ1n) is 22.5. The summed E-state index contributed by atoms with van der Waals surface area (Å²) in [5.74, 6) is 0. The van der Waals surface area contributed by atoms with E-state index in [4.69, 9.17) is 0 Å². The van der Waals surface area contributed by atoms with E-state index in [9.17, 15) is 30.9 Å². The maximum absolute atomic E-state index is 12.4. The minimum absolute atomic E-state index is 0.131. The van der Waals surface area contributed by atoms with Crippen molar-refractivity contribution in [2.75, 3.05) is 0 Å². The second kappa shape index (κ2) is 19.9. The first-order chi connectivity index (χ1) is 34.8. The summed E-state index contributed by atoms with van der Waals surface area (Å²) >= 11 is 0. The molecule has 72 heavy (non-hydrogen) atoms. The zero-order valence-electron chi connectivity index (χ0n) is 39.6. The van der Waals surface area contributed by atoms with E-state index < -0.39 is 4.92 Å². The van der Waals surface area contributed by atoms with Crippen LogP contribution in [-0.4, -0.2) is 44.5 Å². The molecule has 0 radical (unpaired) electrons. The summed E-state index contributed by atoms with van der Waals surface area (Å²) in [6.45, 7) is 9.83. The smallest absolute Gasteiger partial charge is 0.274 e. The molecule has 19 nitrogen and oxygen atoms in total. The Kier molecular flexibility index (Phi) is 13.0. The fraction of sp³-hybridized carbons (Fsp3) is 0.0943. The molecular weight excluding hydrogens is 915 g/mol. The summed E-state index contributed by atoms with van der Waals surface area (Å²) in [4.78, 5) is 18.6. The van der Waals surface area contributed by atoms with Crippen LogP contribution in [-0.2, 0) is 0 Å². The van der Waals surface area contributed by atoms with E-state index in [1.807, 2.05) is 180 Å². The summed E-state index contributed by atoms with van der Waals surface area (Å²) in [5, 5.41) is 76.5. The molecule has 0 saturated heterocycles. The molecule has 358 valence electrons. The summed E-state index contributed by atoms with van der Waals surface area (Å²) in [7, 11) is 0. The Morgan fingerprint density at radius 1 is 0.375 bits per heavy atom. The lowest BCUT2D eigenvalue weighted by Crippen LogP contribution is -2.37. The zero-order valence-corrected chi connectivity index (χ0v) is 39.6. The van der Waals surface area contributed by atoms with Crippen LogP contribution in [0.2, 0.25) is 0 Å². The third kappa shape index (κ3) is 9.39. The van der Waals surface area contributed by atoms with Crippen molar-refractivity contribution in [3.8, 4) is 22.7 Å². The van der Waals surface area contributed by atoms with Crippen molar-refractivity contribution in [2.45, 2.75) is 34.6 Å². The number of aromatic nitrogens is 12. The predicted octanol–water partition coefficient (Wildman–Crippen LogP) is 8.09. The van der Waals surface area contributed by atoms with Gasteiger partial charge >= 0.3 is 0 Å². The van der Waals surface area contributed by atoms with Crippen LogP contribution in [0.1, 0.15) is 27.8 Å². The Balaban J connectivity index is 0.000000119.